The Hall–Kier alpha value is -1.12. The van der Waals surface area contributed by atoms with Crippen molar-refractivity contribution in [3.8, 4) is 0 Å². The van der Waals surface area contributed by atoms with Gasteiger partial charge >= 0.3 is 0 Å². The molecule has 0 aliphatic rings. The first-order valence-corrected chi connectivity index (χ1v) is 27.1. The molecule has 0 radical (unpaired) electrons. The van der Waals surface area contributed by atoms with Crippen molar-refractivity contribution in [2.45, 2.75) is 278 Å². The average molecular weight is 824 g/mol. The average Bonchev–Trinajstić information content (AvgIpc) is 3.23. The molecule has 2 atom stereocenters. The largest absolute Gasteiger partial charge is 0.309 e. The summed E-state index contributed by atoms with van der Waals surface area (Å²) in [5, 5.41) is 0. The first kappa shape index (κ1) is 57.9. The lowest BCUT2D eigenvalue weighted by molar-refractivity contribution is 0.131. The van der Waals surface area contributed by atoms with E-state index < -0.39 is 0 Å². The van der Waals surface area contributed by atoms with Gasteiger partial charge in [0.25, 0.3) is 0 Å². The Morgan fingerprint density at radius 2 is 0.661 bits per heavy atom. The molecule has 0 spiro atoms. The number of allylic oxidation sites excluding steroid dienone is 8. The third kappa shape index (κ3) is 44.7. The van der Waals surface area contributed by atoms with E-state index in [1.54, 1.807) is 0 Å². The van der Waals surface area contributed by atoms with Crippen LogP contribution in [-0.4, -0.2) is 49.6 Å². The summed E-state index contributed by atoms with van der Waals surface area (Å²) >= 11 is 0. The van der Waals surface area contributed by atoms with Crippen LogP contribution in [0, 0.1) is 5.92 Å². The SMILES string of the molecule is CCCC/C=C\C/C=C\CCCCCCCCC(CCCCCCCC/C=C\C/C=C\CCCCC)N(CCCN(C)C)CC(CCCCCC)CCCCCCCC. The highest BCUT2D eigenvalue weighted by Crippen LogP contribution is 2.25. The van der Waals surface area contributed by atoms with Crippen LogP contribution < -0.4 is 0 Å². The Labute approximate surface area is 374 Å². The highest BCUT2D eigenvalue weighted by Gasteiger charge is 2.22. The second-order valence-electron chi connectivity index (χ2n) is 19.0. The van der Waals surface area contributed by atoms with Gasteiger partial charge in [-0.2, -0.15) is 0 Å². The lowest BCUT2D eigenvalue weighted by Crippen LogP contribution is -2.40. The lowest BCUT2D eigenvalue weighted by Gasteiger charge is -2.36. The second kappa shape index (κ2) is 49.5. The van der Waals surface area contributed by atoms with Gasteiger partial charge in [-0.15, -0.1) is 0 Å². The quantitative estimate of drug-likeness (QED) is 0.0446. The highest BCUT2D eigenvalue weighted by molar-refractivity contribution is 4.93. The maximum Gasteiger partial charge on any atom is 0.00953 e. The van der Waals surface area contributed by atoms with Crippen LogP contribution in [0.2, 0.25) is 0 Å². The minimum Gasteiger partial charge on any atom is -0.309 e. The number of nitrogens with zero attached hydrogens (tertiary/aromatic N) is 2. The molecule has 0 saturated carbocycles. The van der Waals surface area contributed by atoms with Gasteiger partial charge in [0.1, 0.15) is 0 Å². The van der Waals surface area contributed by atoms with E-state index in [1.165, 1.54) is 251 Å². The van der Waals surface area contributed by atoms with Gasteiger partial charge in [-0.05, 0) is 123 Å². The molecule has 2 heteroatoms. The first-order chi connectivity index (χ1) is 29.1. The van der Waals surface area contributed by atoms with Crippen LogP contribution in [0.3, 0.4) is 0 Å². The fourth-order valence-electron chi connectivity index (χ4n) is 8.80. The molecule has 2 nitrogen and oxygen atoms in total. The number of hydrogen-bond acceptors (Lipinski definition) is 2. The van der Waals surface area contributed by atoms with E-state index in [1.807, 2.05) is 0 Å². The fraction of sp³-hybridized carbons (Fsp3) is 0.860. The van der Waals surface area contributed by atoms with E-state index in [4.69, 9.17) is 0 Å². The van der Waals surface area contributed by atoms with Gasteiger partial charge in [0, 0.05) is 12.6 Å². The summed E-state index contributed by atoms with van der Waals surface area (Å²) < 4.78 is 0. The Morgan fingerprint density at radius 1 is 0.322 bits per heavy atom. The van der Waals surface area contributed by atoms with E-state index in [9.17, 15) is 0 Å². The molecule has 348 valence electrons. The van der Waals surface area contributed by atoms with Crippen LogP contribution in [0.1, 0.15) is 272 Å². The molecule has 0 rings (SSSR count). The number of rotatable bonds is 48. The van der Waals surface area contributed by atoms with Crippen LogP contribution in [0.4, 0.5) is 0 Å². The first-order valence-electron chi connectivity index (χ1n) is 27.1. The molecule has 0 saturated heterocycles. The second-order valence-corrected chi connectivity index (χ2v) is 19.0. The Bertz CT molecular complexity index is 898. The van der Waals surface area contributed by atoms with Crippen molar-refractivity contribution in [1.82, 2.24) is 9.80 Å². The molecule has 59 heavy (non-hydrogen) atoms. The molecule has 0 amide bonds. The Balaban J connectivity index is 5.17. The molecule has 0 aromatic heterocycles. The molecule has 0 N–H and O–H groups in total. The summed E-state index contributed by atoms with van der Waals surface area (Å²) in [6, 6.07) is 0.784. The Morgan fingerprint density at radius 3 is 1.10 bits per heavy atom. The zero-order chi connectivity index (χ0) is 43.0. The van der Waals surface area contributed by atoms with Gasteiger partial charge in [-0.25, -0.2) is 0 Å². The maximum absolute atomic E-state index is 3.07. The Kier molecular flexibility index (Phi) is 48.6. The third-order valence-electron chi connectivity index (χ3n) is 12.7. The smallest absolute Gasteiger partial charge is 0.00953 e. The monoisotopic (exact) mass is 823 g/mol. The highest BCUT2D eigenvalue weighted by atomic mass is 15.2. The third-order valence-corrected chi connectivity index (χ3v) is 12.7. The molecule has 0 aromatic carbocycles. The predicted molar refractivity (Wildman–Crippen MR) is 272 cm³/mol. The standard InChI is InChI=1S/C57H110N2/c1-7-11-15-19-22-24-26-28-30-32-34-36-38-40-43-47-52-57(51-46-42-39-37-35-33-31-29-27-25-23-20-16-12-8-2)59(54-48-53-58(5)6)55-56(49-44-18-14-10-4)50-45-41-21-17-13-9-3/h20,22-24,27-30,56-57H,7-19,21,25-26,31-55H2,1-6H3/b23-20-,24-22-,29-27-,30-28-. The summed E-state index contributed by atoms with van der Waals surface area (Å²) in [7, 11) is 4.54. The van der Waals surface area contributed by atoms with Gasteiger partial charge in [0.15, 0.2) is 0 Å². The molecule has 0 fully saturated rings. The van der Waals surface area contributed by atoms with Crippen molar-refractivity contribution in [2.24, 2.45) is 5.92 Å². The molecule has 0 bridgehead atoms. The van der Waals surface area contributed by atoms with Crippen LogP contribution in [0.25, 0.3) is 0 Å². The summed E-state index contributed by atoms with van der Waals surface area (Å²) in [4.78, 5) is 5.48. The molecular weight excluding hydrogens is 713 g/mol. The lowest BCUT2D eigenvalue weighted by atomic mass is 9.91. The van der Waals surface area contributed by atoms with Gasteiger partial charge in [0.2, 0.25) is 0 Å². The molecular formula is C57H110N2. The minimum absolute atomic E-state index is 0.784. The van der Waals surface area contributed by atoms with Crippen LogP contribution >= 0.6 is 0 Å². The number of unbranched alkanes of at least 4 members (excludes halogenated alkanes) is 25. The van der Waals surface area contributed by atoms with Crippen LogP contribution in [0.15, 0.2) is 48.6 Å². The van der Waals surface area contributed by atoms with E-state index in [0.29, 0.717) is 0 Å². The summed E-state index contributed by atoms with van der Waals surface area (Å²) in [5.74, 6) is 0.891. The van der Waals surface area contributed by atoms with E-state index >= 15 is 0 Å². The van der Waals surface area contributed by atoms with Crippen molar-refractivity contribution in [3.63, 3.8) is 0 Å². The van der Waals surface area contributed by atoms with Gasteiger partial charge in [-0.1, -0.05) is 230 Å². The molecule has 0 aliphatic heterocycles. The van der Waals surface area contributed by atoms with E-state index in [0.717, 1.165) is 24.8 Å². The van der Waals surface area contributed by atoms with Crippen molar-refractivity contribution >= 4 is 0 Å². The predicted octanol–water partition coefficient (Wildman–Crippen LogP) is 19.0. The minimum atomic E-state index is 0.784. The summed E-state index contributed by atoms with van der Waals surface area (Å²) in [6.45, 7) is 13.2. The van der Waals surface area contributed by atoms with E-state index in [-0.39, 0.29) is 0 Å². The molecule has 2 unspecified atom stereocenters. The van der Waals surface area contributed by atoms with Crippen molar-refractivity contribution in [3.05, 3.63) is 48.6 Å². The van der Waals surface area contributed by atoms with Gasteiger partial charge in [-0.3, -0.25) is 0 Å². The summed E-state index contributed by atoms with van der Waals surface area (Å²) in [6.07, 6.45) is 71.3. The fourth-order valence-corrected chi connectivity index (χ4v) is 8.80. The van der Waals surface area contributed by atoms with Crippen molar-refractivity contribution < 1.29 is 0 Å². The topological polar surface area (TPSA) is 6.48 Å². The number of hydrogen-bond donors (Lipinski definition) is 0. The van der Waals surface area contributed by atoms with Gasteiger partial charge in [0.05, 0.1) is 0 Å². The van der Waals surface area contributed by atoms with Crippen LogP contribution in [0.5, 0.6) is 0 Å². The van der Waals surface area contributed by atoms with Crippen LogP contribution in [-0.2, 0) is 0 Å². The zero-order valence-electron chi connectivity index (χ0n) is 41.7. The normalized spacial score (nSPS) is 13.6. The zero-order valence-corrected chi connectivity index (χ0v) is 41.7. The molecule has 0 heterocycles. The van der Waals surface area contributed by atoms with Crippen molar-refractivity contribution in [1.29, 1.82) is 0 Å². The maximum atomic E-state index is 3.07. The molecule has 0 aliphatic carbocycles. The van der Waals surface area contributed by atoms with Crippen molar-refractivity contribution in [2.75, 3.05) is 33.7 Å². The van der Waals surface area contributed by atoms with E-state index in [2.05, 4.69) is 100 Å². The summed E-state index contributed by atoms with van der Waals surface area (Å²) in [5.41, 5.74) is 0. The van der Waals surface area contributed by atoms with Gasteiger partial charge < -0.3 is 9.80 Å². The molecule has 0 aromatic rings.